The molecule has 3 aromatic heterocycles. The van der Waals surface area contributed by atoms with Crippen molar-refractivity contribution in [3.05, 3.63) is 62.3 Å². The van der Waals surface area contributed by atoms with Gasteiger partial charge in [0.25, 0.3) is 5.56 Å². The Morgan fingerprint density at radius 3 is 2.54 bits per heavy atom. The maximum absolute atomic E-state index is 13.6. The van der Waals surface area contributed by atoms with Crippen molar-refractivity contribution in [3.63, 3.8) is 0 Å². The van der Waals surface area contributed by atoms with Gasteiger partial charge in [0.1, 0.15) is 5.82 Å². The van der Waals surface area contributed by atoms with E-state index in [1.807, 2.05) is 42.7 Å². The van der Waals surface area contributed by atoms with Gasteiger partial charge >= 0.3 is 5.69 Å². The zero-order valence-electron chi connectivity index (χ0n) is 21.2. The number of tetrazole rings is 1. The van der Waals surface area contributed by atoms with E-state index in [2.05, 4.69) is 25.9 Å². The second-order valence-electron chi connectivity index (χ2n) is 9.03. The Morgan fingerprint density at radius 1 is 1.08 bits per heavy atom. The first-order valence-corrected chi connectivity index (χ1v) is 12.6. The molecule has 13 nitrogen and oxygen atoms in total. The average molecular weight is 511 g/mol. The number of nitrogens with zero attached hydrogens (tertiary/aromatic N) is 7. The maximum atomic E-state index is 13.6. The van der Waals surface area contributed by atoms with Crippen LogP contribution in [0.2, 0.25) is 0 Å². The molecule has 0 fully saturated rings. The zero-order valence-corrected chi connectivity index (χ0v) is 21.2. The highest BCUT2D eigenvalue weighted by atomic mass is 16.3. The van der Waals surface area contributed by atoms with Crippen LogP contribution in [-0.4, -0.2) is 63.6 Å². The molecule has 4 rings (SSSR count). The molecule has 198 valence electrons. The molecule has 3 heterocycles. The molecular formula is C24H34N10O3. The van der Waals surface area contributed by atoms with Crippen molar-refractivity contribution >= 4 is 16.9 Å². The molecule has 0 aliphatic carbocycles. The molecule has 0 bridgehead atoms. The molecular weight excluding hydrogens is 476 g/mol. The van der Waals surface area contributed by atoms with Crippen LogP contribution in [0.1, 0.15) is 43.9 Å². The Bertz CT molecular complexity index is 1420. The number of nitrogens with two attached hydrogens (primary N) is 1. The maximum Gasteiger partial charge on any atom is 0.332 e. The molecule has 0 saturated carbocycles. The summed E-state index contributed by atoms with van der Waals surface area (Å²) in [6.07, 6.45) is 1.68. The topological polar surface area (TPSA) is 175 Å². The first-order valence-electron chi connectivity index (χ1n) is 12.6. The van der Waals surface area contributed by atoms with Crippen LogP contribution in [0.15, 0.2) is 33.9 Å². The monoisotopic (exact) mass is 510 g/mol. The molecule has 1 unspecified atom stereocenters. The lowest BCUT2D eigenvalue weighted by Crippen LogP contribution is -2.41. The quantitative estimate of drug-likeness (QED) is 0.143. The molecule has 1 atom stereocenters. The van der Waals surface area contributed by atoms with Gasteiger partial charge < -0.3 is 20.7 Å². The molecule has 0 radical (unpaired) electrons. The van der Waals surface area contributed by atoms with E-state index in [0.29, 0.717) is 80.5 Å². The van der Waals surface area contributed by atoms with Crippen LogP contribution in [-0.2, 0) is 32.5 Å². The lowest BCUT2D eigenvalue weighted by atomic mass is 10.1. The predicted octanol–water partition coefficient (Wildman–Crippen LogP) is 0.0590. The van der Waals surface area contributed by atoms with Gasteiger partial charge in [0, 0.05) is 38.4 Å². The number of rotatable bonds is 13. The van der Waals surface area contributed by atoms with Crippen molar-refractivity contribution in [2.24, 2.45) is 0 Å². The van der Waals surface area contributed by atoms with E-state index in [1.165, 1.54) is 4.57 Å². The van der Waals surface area contributed by atoms with Crippen molar-refractivity contribution in [1.82, 2.24) is 44.6 Å². The molecule has 0 saturated heterocycles. The van der Waals surface area contributed by atoms with Crippen LogP contribution in [0, 0.1) is 0 Å². The van der Waals surface area contributed by atoms with Crippen molar-refractivity contribution in [2.75, 3.05) is 18.8 Å². The lowest BCUT2D eigenvalue weighted by Gasteiger charge is -2.14. The normalized spacial score (nSPS) is 12.4. The fourth-order valence-corrected chi connectivity index (χ4v) is 4.27. The standard InChI is InChI=1S/C24H34N10O3/c1-3-11-34-23(36)21-22(33(24(34)37)12-9-16-5-7-17(25)8-6-16)27-20(14-19-28-30-31-29-19)32(21)13-10-26-15-18(35)4-2/h5-8,18,26,35H,3-4,9-15,25H2,1-2H3,(H,28,29,30,31). The third-order valence-electron chi connectivity index (χ3n) is 6.32. The predicted molar refractivity (Wildman–Crippen MR) is 139 cm³/mol. The van der Waals surface area contributed by atoms with Gasteiger partial charge in [-0.3, -0.25) is 13.9 Å². The van der Waals surface area contributed by atoms with Crippen LogP contribution >= 0.6 is 0 Å². The second-order valence-corrected chi connectivity index (χ2v) is 9.03. The molecule has 4 aromatic rings. The highest BCUT2D eigenvalue weighted by molar-refractivity contribution is 5.71. The fourth-order valence-electron chi connectivity index (χ4n) is 4.27. The summed E-state index contributed by atoms with van der Waals surface area (Å²) in [6, 6.07) is 7.51. The second kappa shape index (κ2) is 11.9. The summed E-state index contributed by atoms with van der Waals surface area (Å²) in [4.78, 5) is 31.8. The number of H-pyrrole nitrogens is 1. The van der Waals surface area contributed by atoms with E-state index in [0.717, 1.165) is 5.56 Å². The SMILES string of the molecule is CCCn1c(=O)c2c(nc(Cc3nnn[nH]3)n2CCNCC(O)CC)n(CCc2ccc(N)cc2)c1=O. The number of aryl methyl sites for hydroxylation is 2. The minimum absolute atomic E-state index is 0.263. The van der Waals surface area contributed by atoms with E-state index >= 15 is 0 Å². The van der Waals surface area contributed by atoms with Gasteiger partial charge in [-0.2, -0.15) is 0 Å². The number of aliphatic hydroxyl groups excluding tert-OH is 1. The molecule has 0 aliphatic rings. The number of hydrogen-bond acceptors (Lipinski definition) is 9. The highest BCUT2D eigenvalue weighted by Gasteiger charge is 2.22. The number of anilines is 1. The van der Waals surface area contributed by atoms with Gasteiger partial charge in [-0.25, -0.2) is 14.9 Å². The minimum atomic E-state index is -0.445. The number of benzene rings is 1. The van der Waals surface area contributed by atoms with Crippen molar-refractivity contribution < 1.29 is 5.11 Å². The number of imidazole rings is 1. The number of aromatic amines is 1. The van der Waals surface area contributed by atoms with Gasteiger partial charge in [0.15, 0.2) is 17.0 Å². The van der Waals surface area contributed by atoms with E-state index in [-0.39, 0.29) is 17.7 Å². The Morgan fingerprint density at radius 2 is 1.86 bits per heavy atom. The van der Waals surface area contributed by atoms with Crippen LogP contribution in [0.4, 0.5) is 5.69 Å². The van der Waals surface area contributed by atoms with Gasteiger partial charge in [-0.15, -0.1) is 5.10 Å². The number of aliphatic hydroxyl groups is 1. The van der Waals surface area contributed by atoms with Gasteiger partial charge in [0.05, 0.1) is 12.5 Å². The first-order chi connectivity index (χ1) is 17.9. The Labute approximate surface area is 213 Å². The molecule has 1 aromatic carbocycles. The molecule has 0 spiro atoms. The number of aromatic nitrogens is 8. The smallest absolute Gasteiger partial charge is 0.332 e. The zero-order chi connectivity index (χ0) is 26.4. The summed E-state index contributed by atoms with van der Waals surface area (Å²) < 4.78 is 4.70. The van der Waals surface area contributed by atoms with Gasteiger partial charge in [-0.05, 0) is 47.4 Å². The molecule has 13 heteroatoms. The lowest BCUT2D eigenvalue weighted by molar-refractivity contribution is 0.167. The van der Waals surface area contributed by atoms with Crippen molar-refractivity contribution in [1.29, 1.82) is 0 Å². The average Bonchev–Trinajstić information content (AvgIpc) is 3.53. The largest absolute Gasteiger partial charge is 0.399 e. The van der Waals surface area contributed by atoms with E-state index in [9.17, 15) is 14.7 Å². The first kappa shape index (κ1) is 26.2. The van der Waals surface area contributed by atoms with Crippen LogP contribution in [0.3, 0.4) is 0 Å². The molecule has 0 aliphatic heterocycles. The van der Waals surface area contributed by atoms with Crippen LogP contribution < -0.4 is 22.3 Å². The van der Waals surface area contributed by atoms with Crippen molar-refractivity contribution in [3.8, 4) is 0 Å². The molecule has 0 amide bonds. The van der Waals surface area contributed by atoms with E-state index in [1.54, 1.807) is 4.57 Å². The third kappa shape index (κ3) is 5.94. The minimum Gasteiger partial charge on any atom is -0.399 e. The number of nitrogens with one attached hydrogen (secondary N) is 2. The third-order valence-corrected chi connectivity index (χ3v) is 6.32. The van der Waals surface area contributed by atoms with Crippen LogP contribution in [0.5, 0.6) is 0 Å². The summed E-state index contributed by atoms with van der Waals surface area (Å²) >= 11 is 0. The number of fused-ring (bicyclic) bond motifs is 1. The summed E-state index contributed by atoms with van der Waals surface area (Å²) in [5.74, 6) is 1.06. The summed E-state index contributed by atoms with van der Waals surface area (Å²) in [5, 5.41) is 27.1. The Hall–Kier alpha value is -3.84. The van der Waals surface area contributed by atoms with E-state index < -0.39 is 6.10 Å². The summed E-state index contributed by atoms with van der Waals surface area (Å²) in [6.45, 7) is 5.87. The van der Waals surface area contributed by atoms with Crippen LogP contribution in [0.25, 0.3) is 11.2 Å². The molecule has 37 heavy (non-hydrogen) atoms. The van der Waals surface area contributed by atoms with Gasteiger partial charge in [-0.1, -0.05) is 26.0 Å². The summed E-state index contributed by atoms with van der Waals surface area (Å²) in [5.41, 5.74) is 7.47. The fraction of sp³-hybridized carbons (Fsp3) is 0.500. The Kier molecular flexibility index (Phi) is 8.46. The number of hydrogen-bond donors (Lipinski definition) is 4. The number of nitrogen functional groups attached to an aromatic ring is 1. The summed E-state index contributed by atoms with van der Waals surface area (Å²) in [7, 11) is 0. The van der Waals surface area contributed by atoms with Gasteiger partial charge in [0.2, 0.25) is 0 Å². The van der Waals surface area contributed by atoms with Crippen molar-refractivity contribution in [2.45, 2.75) is 65.3 Å². The van der Waals surface area contributed by atoms with E-state index in [4.69, 9.17) is 10.7 Å². The molecule has 5 N–H and O–H groups in total. The Balaban J connectivity index is 1.78. The highest BCUT2D eigenvalue weighted by Crippen LogP contribution is 2.15.